The van der Waals surface area contributed by atoms with Crippen LogP contribution in [0.15, 0.2) is 60.7 Å². The van der Waals surface area contributed by atoms with Gasteiger partial charge in [-0.2, -0.15) is 0 Å². The largest absolute Gasteiger partial charge is 0.352 e. The lowest BCUT2D eigenvalue weighted by atomic mass is 9.90. The first-order valence-corrected chi connectivity index (χ1v) is 8.40. The molecule has 0 heterocycles. The summed E-state index contributed by atoms with van der Waals surface area (Å²) in [6.45, 7) is 0.645. The molecule has 3 N–H and O–H groups in total. The lowest BCUT2D eigenvalue weighted by Gasteiger charge is -2.24. The van der Waals surface area contributed by atoms with Crippen LogP contribution in [0, 0.1) is 5.92 Å². The van der Waals surface area contributed by atoms with Gasteiger partial charge in [-0.05, 0) is 36.4 Å². The first-order valence-electron chi connectivity index (χ1n) is 8.40. The Morgan fingerprint density at radius 1 is 1.00 bits per heavy atom. The van der Waals surface area contributed by atoms with Crippen LogP contribution in [-0.4, -0.2) is 18.5 Å². The zero-order valence-corrected chi connectivity index (χ0v) is 14.5. The molecule has 1 saturated carbocycles. The predicted molar refractivity (Wildman–Crippen MR) is 100 cm³/mol. The monoisotopic (exact) mass is 344 g/mol. The van der Waals surface area contributed by atoms with E-state index < -0.39 is 0 Å². The van der Waals surface area contributed by atoms with Gasteiger partial charge in [0.25, 0.3) is 0 Å². The van der Waals surface area contributed by atoms with Crippen molar-refractivity contribution in [1.29, 1.82) is 0 Å². The lowest BCUT2D eigenvalue weighted by molar-refractivity contribution is -0.122. The Balaban J connectivity index is 0.00000208. The number of nitrogens with two attached hydrogens (primary N) is 1. The smallest absolute Gasteiger partial charge is 0.232 e. The van der Waals surface area contributed by atoms with E-state index in [9.17, 15) is 4.79 Å². The van der Waals surface area contributed by atoms with Crippen LogP contribution in [0.25, 0.3) is 0 Å². The molecule has 2 unspecified atom stereocenters. The third-order valence-electron chi connectivity index (χ3n) is 4.82. The van der Waals surface area contributed by atoms with Crippen LogP contribution in [0.4, 0.5) is 0 Å². The normalized spacial score (nSPS) is 19.8. The summed E-state index contributed by atoms with van der Waals surface area (Å²) in [6, 6.07) is 20.2. The second-order valence-electron chi connectivity index (χ2n) is 6.30. The van der Waals surface area contributed by atoms with Gasteiger partial charge in [0.1, 0.15) is 0 Å². The quantitative estimate of drug-likeness (QED) is 0.872. The van der Waals surface area contributed by atoms with Crippen LogP contribution < -0.4 is 11.1 Å². The summed E-state index contributed by atoms with van der Waals surface area (Å²) < 4.78 is 0. The molecular formula is C20H25ClN2O. The average molecular weight is 345 g/mol. The second-order valence-corrected chi connectivity index (χ2v) is 6.30. The minimum Gasteiger partial charge on any atom is -0.352 e. The summed E-state index contributed by atoms with van der Waals surface area (Å²) in [5.74, 6) is 0.218. The molecule has 1 fully saturated rings. The van der Waals surface area contributed by atoms with Gasteiger partial charge in [-0.15, -0.1) is 12.4 Å². The van der Waals surface area contributed by atoms with Gasteiger partial charge in [0.05, 0.1) is 5.92 Å². The maximum atomic E-state index is 13.0. The highest BCUT2D eigenvalue weighted by atomic mass is 35.5. The van der Waals surface area contributed by atoms with Crippen molar-refractivity contribution in [3.8, 4) is 0 Å². The Labute approximate surface area is 150 Å². The van der Waals surface area contributed by atoms with Gasteiger partial charge in [0, 0.05) is 6.04 Å². The van der Waals surface area contributed by atoms with E-state index in [4.69, 9.17) is 5.73 Å². The minimum absolute atomic E-state index is 0. The van der Waals surface area contributed by atoms with Crippen LogP contribution in [-0.2, 0) is 4.79 Å². The third-order valence-corrected chi connectivity index (χ3v) is 4.82. The summed E-state index contributed by atoms with van der Waals surface area (Å²) in [6.07, 6.45) is 3.29. The standard InChI is InChI=1S/C20H24N2O.ClH/c21-14-17-12-7-13-18(17)22-20(23)19(15-8-3-1-4-9-15)16-10-5-2-6-11-16;/h1-6,8-11,17-19H,7,12-14,21H2,(H,22,23);1H. The minimum atomic E-state index is -0.267. The van der Waals surface area contributed by atoms with E-state index in [-0.39, 0.29) is 30.3 Å². The highest BCUT2D eigenvalue weighted by molar-refractivity contribution is 5.87. The van der Waals surface area contributed by atoms with Crippen molar-refractivity contribution >= 4 is 18.3 Å². The molecule has 0 spiro atoms. The molecule has 4 heteroatoms. The molecule has 24 heavy (non-hydrogen) atoms. The molecule has 3 nitrogen and oxygen atoms in total. The lowest BCUT2D eigenvalue weighted by Crippen LogP contribution is -2.42. The molecule has 0 aliphatic heterocycles. The Kier molecular flexibility index (Phi) is 6.83. The Morgan fingerprint density at radius 3 is 2.04 bits per heavy atom. The van der Waals surface area contributed by atoms with Crippen molar-refractivity contribution in [2.75, 3.05) is 6.54 Å². The highest BCUT2D eigenvalue weighted by Gasteiger charge is 2.30. The number of hydrogen-bond donors (Lipinski definition) is 2. The van der Waals surface area contributed by atoms with Crippen molar-refractivity contribution in [3.05, 3.63) is 71.8 Å². The first-order chi connectivity index (χ1) is 11.3. The van der Waals surface area contributed by atoms with Crippen molar-refractivity contribution in [2.45, 2.75) is 31.2 Å². The van der Waals surface area contributed by atoms with E-state index in [0.29, 0.717) is 12.5 Å². The van der Waals surface area contributed by atoms with Crippen LogP contribution in [0.3, 0.4) is 0 Å². The van der Waals surface area contributed by atoms with Gasteiger partial charge in [0.2, 0.25) is 5.91 Å². The Morgan fingerprint density at radius 2 is 1.54 bits per heavy atom. The molecule has 0 bridgehead atoms. The molecule has 1 aliphatic rings. The van der Waals surface area contributed by atoms with Crippen molar-refractivity contribution in [3.63, 3.8) is 0 Å². The molecule has 0 aromatic heterocycles. The van der Waals surface area contributed by atoms with E-state index in [1.165, 1.54) is 0 Å². The van der Waals surface area contributed by atoms with Crippen LogP contribution in [0.1, 0.15) is 36.3 Å². The predicted octanol–water partition coefficient (Wildman–Crippen LogP) is 3.48. The maximum absolute atomic E-state index is 13.0. The fraction of sp³-hybridized carbons (Fsp3) is 0.350. The summed E-state index contributed by atoms with van der Waals surface area (Å²) in [4.78, 5) is 13.0. The summed E-state index contributed by atoms with van der Waals surface area (Å²) in [5.41, 5.74) is 7.90. The summed E-state index contributed by atoms with van der Waals surface area (Å²) in [5, 5.41) is 3.26. The summed E-state index contributed by atoms with van der Waals surface area (Å²) in [7, 11) is 0. The zero-order chi connectivity index (χ0) is 16.1. The molecule has 3 rings (SSSR count). The molecule has 0 saturated heterocycles. The van der Waals surface area contributed by atoms with Gasteiger partial charge < -0.3 is 11.1 Å². The van der Waals surface area contributed by atoms with E-state index in [1.54, 1.807) is 0 Å². The molecule has 1 amide bonds. The number of halogens is 1. The maximum Gasteiger partial charge on any atom is 0.232 e. The molecule has 2 aromatic rings. The molecule has 2 aromatic carbocycles. The van der Waals surface area contributed by atoms with Gasteiger partial charge in [0.15, 0.2) is 0 Å². The van der Waals surface area contributed by atoms with Crippen LogP contribution >= 0.6 is 12.4 Å². The number of nitrogens with one attached hydrogen (secondary N) is 1. The molecule has 2 atom stereocenters. The van der Waals surface area contributed by atoms with E-state index >= 15 is 0 Å². The van der Waals surface area contributed by atoms with Crippen LogP contribution in [0.5, 0.6) is 0 Å². The van der Waals surface area contributed by atoms with Gasteiger partial charge in [-0.25, -0.2) is 0 Å². The molecule has 128 valence electrons. The molecular weight excluding hydrogens is 320 g/mol. The number of rotatable bonds is 5. The fourth-order valence-electron chi connectivity index (χ4n) is 3.56. The number of carbonyl (C=O) groups excluding carboxylic acids is 1. The van der Waals surface area contributed by atoms with Gasteiger partial charge in [-0.1, -0.05) is 67.1 Å². The number of carbonyl (C=O) groups is 1. The van der Waals surface area contributed by atoms with Crippen molar-refractivity contribution < 1.29 is 4.79 Å². The Hall–Kier alpha value is -1.84. The van der Waals surface area contributed by atoms with Gasteiger partial charge in [-0.3, -0.25) is 4.79 Å². The number of benzene rings is 2. The first kappa shape index (κ1) is 18.5. The van der Waals surface area contributed by atoms with E-state index in [2.05, 4.69) is 5.32 Å². The van der Waals surface area contributed by atoms with Crippen molar-refractivity contribution in [2.24, 2.45) is 11.7 Å². The zero-order valence-electron chi connectivity index (χ0n) is 13.7. The van der Waals surface area contributed by atoms with E-state index in [1.807, 2.05) is 60.7 Å². The molecule has 0 radical (unpaired) electrons. The van der Waals surface area contributed by atoms with Crippen molar-refractivity contribution in [1.82, 2.24) is 5.32 Å². The number of amides is 1. The Bertz CT molecular complexity index is 593. The summed E-state index contributed by atoms with van der Waals surface area (Å²) >= 11 is 0. The van der Waals surface area contributed by atoms with Crippen LogP contribution in [0.2, 0.25) is 0 Å². The third kappa shape index (κ3) is 4.16. The second kappa shape index (κ2) is 8.86. The SMILES string of the molecule is Cl.NCC1CCCC1NC(=O)C(c1ccccc1)c1ccccc1. The number of hydrogen-bond acceptors (Lipinski definition) is 2. The topological polar surface area (TPSA) is 55.1 Å². The van der Waals surface area contributed by atoms with E-state index in [0.717, 1.165) is 30.4 Å². The molecule has 1 aliphatic carbocycles. The average Bonchev–Trinajstić information content (AvgIpc) is 3.04. The highest BCUT2D eigenvalue weighted by Crippen LogP contribution is 2.28. The fourth-order valence-corrected chi connectivity index (χ4v) is 3.56. The van der Waals surface area contributed by atoms with Gasteiger partial charge >= 0.3 is 0 Å².